The lowest BCUT2D eigenvalue weighted by Gasteiger charge is -2.39. The number of carbonyl (C=O) groups is 1. The molecule has 21 heavy (non-hydrogen) atoms. The van der Waals surface area contributed by atoms with E-state index < -0.39 is 34.5 Å². The van der Waals surface area contributed by atoms with Crippen molar-refractivity contribution in [2.75, 3.05) is 6.54 Å². The van der Waals surface area contributed by atoms with E-state index in [-0.39, 0.29) is 6.54 Å². The van der Waals surface area contributed by atoms with Gasteiger partial charge in [-0.2, -0.15) is 0 Å². The fourth-order valence-electron chi connectivity index (χ4n) is 2.76. The van der Waals surface area contributed by atoms with E-state index in [9.17, 15) is 18.0 Å². The molecule has 0 aliphatic heterocycles. The molecule has 3 N–H and O–H groups in total. The van der Waals surface area contributed by atoms with E-state index in [1.807, 2.05) is 0 Å². The Bertz CT molecular complexity index is 517. The summed E-state index contributed by atoms with van der Waals surface area (Å²) in [7, 11) is 0. The molecule has 1 aromatic carbocycles. The van der Waals surface area contributed by atoms with Gasteiger partial charge in [0.05, 0.1) is 5.54 Å². The number of rotatable bonds is 3. The van der Waals surface area contributed by atoms with Crippen molar-refractivity contribution in [2.45, 2.75) is 38.1 Å². The number of amides is 1. The molecule has 0 unspecified atom stereocenters. The lowest BCUT2D eigenvalue weighted by atomic mass is 9.77. The van der Waals surface area contributed by atoms with Gasteiger partial charge in [0, 0.05) is 18.7 Å². The fraction of sp³-hybridized carbons (Fsp3) is 0.533. The molecule has 2 rings (SSSR count). The summed E-state index contributed by atoms with van der Waals surface area (Å²) < 4.78 is 40.2. The maximum atomic E-state index is 13.6. The molecule has 0 atom stereocenters. The Kier molecular flexibility index (Phi) is 4.56. The summed E-state index contributed by atoms with van der Waals surface area (Å²) in [5.41, 5.74) is 4.34. The van der Waals surface area contributed by atoms with Gasteiger partial charge in [-0.05, 0) is 31.6 Å². The first-order valence-electron chi connectivity index (χ1n) is 7.04. The first-order valence-corrected chi connectivity index (χ1v) is 7.04. The van der Waals surface area contributed by atoms with Crippen LogP contribution in [0.15, 0.2) is 12.1 Å². The van der Waals surface area contributed by atoms with E-state index in [1.54, 1.807) is 0 Å². The van der Waals surface area contributed by atoms with Crippen molar-refractivity contribution in [1.82, 2.24) is 5.32 Å². The first-order chi connectivity index (χ1) is 9.87. The molecular weight excluding hydrogens is 281 g/mol. The number of nitrogens with one attached hydrogen (secondary N) is 1. The highest BCUT2D eigenvalue weighted by atomic mass is 19.1. The van der Waals surface area contributed by atoms with Crippen molar-refractivity contribution in [3.63, 3.8) is 0 Å². The van der Waals surface area contributed by atoms with Crippen LogP contribution < -0.4 is 11.1 Å². The highest BCUT2D eigenvalue weighted by molar-refractivity contribution is 5.95. The zero-order chi connectivity index (χ0) is 15.6. The number of hydrogen-bond donors (Lipinski definition) is 2. The van der Waals surface area contributed by atoms with E-state index in [2.05, 4.69) is 12.2 Å². The largest absolute Gasteiger partial charge is 0.345 e. The van der Waals surface area contributed by atoms with Crippen LogP contribution in [0.3, 0.4) is 0 Å². The zero-order valence-corrected chi connectivity index (χ0v) is 11.9. The van der Waals surface area contributed by atoms with Crippen molar-refractivity contribution in [3.8, 4) is 0 Å². The third kappa shape index (κ3) is 3.37. The van der Waals surface area contributed by atoms with Gasteiger partial charge in [-0.3, -0.25) is 4.79 Å². The second kappa shape index (κ2) is 6.05. The summed E-state index contributed by atoms with van der Waals surface area (Å²) in [6.07, 6.45) is 3.12. The lowest BCUT2D eigenvalue weighted by Crippen LogP contribution is -2.55. The Hall–Kier alpha value is -1.56. The van der Waals surface area contributed by atoms with Crippen molar-refractivity contribution >= 4 is 5.91 Å². The number of halogens is 3. The molecule has 1 amide bonds. The maximum Gasteiger partial charge on any atom is 0.257 e. The molecule has 3 nitrogen and oxygen atoms in total. The summed E-state index contributed by atoms with van der Waals surface area (Å²) >= 11 is 0. The van der Waals surface area contributed by atoms with Crippen molar-refractivity contribution < 1.29 is 18.0 Å². The van der Waals surface area contributed by atoms with Gasteiger partial charge in [0.1, 0.15) is 23.0 Å². The predicted molar refractivity (Wildman–Crippen MR) is 73.2 cm³/mol. The number of hydrogen-bond acceptors (Lipinski definition) is 2. The Labute approximate surface area is 121 Å². The van der Waals surface area contributed by atoms with Gasteiger partial charge in [0.2, 0.25) is 0 Å². The summed E-state index contributed by atoms with van der Waals surface area (Å²) in [5.74, 6) is -3.81. The maximum absolute atomic E-state index is 13.6. The fourth-order valence-corrected chi connectivity index (χ4v) is 2.76. The van der Waals surface area contributed by atoms with Gasteiger partial charge in [0.25, 0.3) is 5.91 Å². The van der Waals surface area contributed by atoms with Crippen molar-refractivity contribution in [2.24, 2.45) is 11.7 Å². The van der Waals surface area contributed by atoms with Gasteiger partial charge < -0.3 is 11.1 Å². The van der Waals surface area contributed by atoms with Crippen molar-refractivity contribution in [1.29, 1.82) is 0 Å². The molecule has 0 bridgehead atoms. The Morgan fingerprint density at radius 2 is 1.81 bits per heavy atom. The average Bonchev–Trinajstić information content (AvgIpc) is 2.40. The van der Waals surface area contributed by atoms with Crippen LogP contribution in [0.5, 0.6) is 0 Å². The van der Waals surface area contributed by atoms with E-state index in [0.29, 0.717) is 30.9 Å². The van der Waals surface area contributed by atoms with Crippen molar-refractivity contribution in [3.05, 3.63) is 35.1 Å². The monoisotopic (exact) mass is 300 g/mol. The molecule has 0 aromatic heterocycles. The number of nitrogens with two attached hydrogens (primary N) is 1. The second-order valence-electron chi connectivity index (χ2n) is 5.87. The van der Waals surface area contributed by atoms with Gasteiger partial charge in [0.15, 0.2) is 0 Å². The third-order valence-corrected chi connectivity index (χ3v) is 4.23. The molecule has 0 heterocycles. The average molecular weight is 300 g/mol. The summed E-state index contributed by atoms with van der Waals surface area (Å²) in [5, 5.41) is 2.65. The molecule has 1 aromatic rings. The van der Waals surface area contributed by atoms with Gasteiger partial charge in [-0.25, -0.2) is 13.2 Å². The minimum Gasteiger partial charge on any atom is -0.345 e. The summed E-state index contributed by atoms with van der Waals surface area (Å²) in [6, 6.07) is 0.992. The summed E-state index contributed by atoms with van der Waals surface area (Å²) in [6.45, 7) is 2.32. The molecule has 6 heteroatoms. The Morgan fingerprint density at radius 3 is 2.29 bits per heavy atom. The first kappa shape index (κ1) is 15.8. The normalized spacial score (nSPS) is 25.7. The molecule has 0 saturated heterocycles. The smallest absolute Gasteiger partial charge is 0.257 e. The topological polar surface area (TPSA) is 55.1 Å². The van der Waals surface area contributed by atoms with Crippen LogP contribution in [-0.2, 0) is 0 Å². The van der Waals surface area contributed by atoms with E-state index in [0.717, 1.165) is 12.8 Å². The Balaban J connectivity index is 2.21. The molecule has 0 radical (unpaired) electrons. The molecule has 1 aliphatic rings. The van der Waals surface area contributed by atoms with Crippen LogP contribution in [0.25, 0.3) is 0 Å². The second-order valence-corrected chi connectivity index (χ2v) is 5.87. The highest BCUT2D eigenvalue weighted by Gasteiger charge is 2.35. The van der Waals surface area contributed by atoms with Crippen LogP contribution in [0, 0.1) is 23.4 Å². The SMILES string of the molecule is CC1CCC(CN)(NC(=O)c2c(F)cc(F)cc2F)CC1. The van der Waals surface area contributed by atoms with Crippen LogP contribution in [0.1, 0.15) is 43.0 Å². The number of carbonyl (C=O) groups excluding carboxylic acids is 1. The number of benzene rings is 1. The minimum atomic E-state index is -1.21. The zero-order valence-electron chi connectivity index (χ0n) is 11.9. The third-order valence-electron chi connectivity index (χ3n) is 4.23. The van der Waals surface area contributed by atoms with Crippen LogP contribution in [-0.4, -0.2) is 18.0 Å². The Morgan fingerprint density at radius 1 is 1.29 bits per heavy atom. The standard InChI is InChI=1S/C15H19F3N2O/c1-9-2-4-15(8-19,5-3-9)20-14(21)13-11(17)6-10(16)7-12(13)18/h6-7,9H,2-5,8,19H2,1H3,(H,20,21). The molecule has 116 valence electrons. The van der Waals surface area contributed by atoms with Gasteiger partial charge in [-0.15, -0.1) is 0 Å². The van der Waals surface area contributed by atoms with Crippen LogP contribution >= 0.6 is 0 Å². The molecule has 0 spiro atoms. The van der Waals surface area contributed by atoms with Gasteiger partial charge in [-0.1, -0.05) is 6.92 Å². The van der Waals surface area contributed by atoms with Crippen LogP contribution in [0.2, 0.25) is 0 Å². The van der Waals surface area contributed by atoms with E-state index in [1.165, 1.54) is 0 Å². The summed E-state index contributed by atoms with van der Waals surface area (Å²) in [4.78, 5) is 12.1. The molecular formula is C15H19F3N2O. The van der Waals surface area contributed by atoms with Gasteiger partial charge >= 0.3 is 0 Å². The minimum absolute atomic E-state index is 0.204. The quantitative estimate of drug-likeness (QED) is 0.902. The predicted octanol–water partition coefficient (Wildman–Crippen LogP) is 2.74. The van der Waals surface area contributed by atoms with E-state index >= 15 is 0 Å². The highest BCUT2D eigenvalue weighted by Crippen LogP contribution is 2.31. The lowest BCUT2D eigenvalue weighted by molar-refractivity contribution is 0.0851. The van der Waals surface area contributed by atoms with Crippen LogP contribution in [0.4, 0.5) is 13.2 Å². The molecule has 1 aliphatic carbocycles. The molecule has 1 fully saturated rings. The van der Waals surface area contributed by atoms with E-state index in [4.69, 9.17) is 5.73 Å². The molecule has 1 saturated carbocycles.